The zero-order chi connectivity index (χ0) is 17.0. The number of nitrogens with zero attached hydrogens (tertiary/aromatic N) is 1. The fraction of sp³-hybridized carbons (Fsp3) is 0.188. The van der Waals surface area contributed by atoms with Gasteiger partial charge in [-0.1, -0.05) is 6.07 Å². The number of rotatable bonds is 4. The van der Waals surface area contributed by atoms with Gasteiger partial charge in [0, 0.05) is 5.56 Å². The van der Waals surface area contributed by atoms with Gasteiger partial charge in [0.2, 0.25) is 0 Å². The number of carbonyl (C=O) groups is 2. The molecule has 0 aliphatic heterocycles. The number of anilines is 1. The number of thiophene rings is 1. The van der Waals surface area contributed by atoms with Gasteiger partial charge in [-0.05, 0) is 30.7 Å². The van der Waals surface area contributed by atoms with Crippen molar-refractivity contribution in [3.8, 4) is 11.8 Å². The lowest BCUT2D eigenvalue weighted by Gasteiger charge is -2.05. The second kappa shape index (κ2) is 6.94. The summed E-state index contributed by atoms with van der Waals surface area (Å²) < 4.78 is 9.76. The van der Waals surface area contributed by atoms with Gasteiger partial charge in [-0.15, -0.1) is 11.3 Å². The highest BCUT2D eigenvalue weighted by Crippen LogP contribution is 2.33. The summed E-state index contributed by atoms with van der Waals surface area (Å²) in [7, 11) is 2.78. The van der Waals surface area contributed by atoms with Crippen LogP contribution in [0.5, 0.6) is 5.75 Å². The normalized spacial score (nSPS) is 9.83. The van der Waals surface area contributed by atoms with Crippen LogP contribution in [0, 0.1) is 18.3 Å². The van der Waals surface area contributed by atoms with Gasteiger partial charge in [0.25, 0.3) is 5.91 Å². The number of hydrogen-bond donors (Lipinski definition) is 1. The molecule has 0 saturated heterocycles. The summed E-state index contributed by atoms with van der Waals surface area (Å²) in [5.74, 6) is -0.375. The second-order valence-corrected chi connectivity index (χ2v) is 5.57. The lowest BCUT2D eigenvalue weighted by molar-refractivity contribution is 0.0605. The summed E-state index contributed by atoms with van der Waals surface area (Å²) in [6, 6.07) is 8.64. The van der Waals surface area contributed by atoms with Gasteiger partial charge in [0.1, 0.15) is 21.7 Å². The third-order valence-electron chi connectivity index (χ3n) is 3.19. The predicted molar refractivity (Wildman–Crippen MR) is 86.1 cm³/mol. The fourth-order valence-corrected chi connectivity index (χ4v) is 3.03. The van der Waals surface area contributed by atoms with E-state index in [4.69, 9.17) is 4.74 Å². The SMILES string of the molecule is COC(=O)c1sc(NC(=O)c2cccc(OC)c2)c(C#N)c1C. The Kier molecular flexibility index (Phi) is 4.98. The van der Waals surface area contributed by atoms with Crippen LogP contribution in [0.25, 0.3) is 0 Å². The third-order valence-corrected chi connectivity index (χ3v) is 4.38. The Morgan fingerprint density at radius 1 is 1.30 bits per heavy atom. The summed E-state index contributed by atoms with van der Waals surface area (Å²) in [5, 5.41) is 12.2. The molecule has 1 aromatic heterocycles. The number of benzene rings is 1. The van der Waals surface area contributed by atoms with Crippen molar-refractivity contribution in [1.29, 1.82) is 5.26 Å². The monoisotopic (exact) mass is 330 g/mol. The molecule has 0 atom stereocenters. The van der Waals surface area contributed by atoms with Gasteiger partial charge in [-0.2, -0.15) is 5.26 Å². The molecule has 23 heavy (non-hydrogen) atoms. The Morgan fingerprint density at radius 2 is 2.04 bits per heavy atom. The summed E-state index contributed by atoms with van der Waals surface area (Å²) in [6.45, 7) is 1.64. The number of ether oxygens (including phenoxy) is 2. The molecule has 0 spiro atoms. The first-order valence-corrected chi connectivity index (χ1v) is 7.40. The average molecular weight is 330 g/mol. The molecule has 7 heteroatoms. The van der Waals surface area contributed by atoms with E-state index in [0.717, 1.165) is 11.3 Å². The van der Waals surface area contributed by atoms with Crippen molar-refractivity contribution in [2.75, 3.05) is 19.5 Å². The second-order valence-electron chi connectivity index (χ2n) is 4.55. The third kappa shape index (κ3) is 3.33. The number of amides is 1. The standard InChI is InChI=1S/C16H14N2O4S/c1-9-12(8-17)15(23-13(9)16(20)22-3)18-14(19)10-5-4-6-11(7-10)21-2/h4-7H,1-3H3,(H,18,19). The van der Waals surface area contributed by atoms with E-state index in [-0.39, 0.29) is 5.56 Å². The Morgan fingerprint density at radius 3 is 2.65 bits per heavy atom. The number of esters is 1. The summed E-state index contributed by atoms with van der Waals surface area (Å²) in [6.07, 6.45) is 0. The molecule has 0 aliphatic carbocycles. The number of nitrogens with one attached hydrogen (secondary N) is 1. The predicted octanol–water partition coefficient (Wildman–Crippen LogP) is 2.98. The average Bonchev–Trinajstić information content (AvgIpc) is 2.89. The molecule has 0 unspecified atom stereocenters. The Balaban J connectivity index is 2.34. The topological polar surface area (TPSA) is 88.4 Å². The highest BCUT2D eigenvalue weighted by molar-refractivity contribution is 7.18. The minimum Gasteiger partial charge on any atom is -0.497 e. The largest absolute Gasteiger partial charge is 0.497 e. The first kappa shape index (κ1) is 16.5. The molecule has 118 valence electrons. The maximum absolute atomic E-state index is 12.3. The molecule has 1 amide bonds. The van der Waals surface area contributed by atoms with Gasteiger partial charge in [-0.25, -0.2) is 4.79 Å². The molecule has 1 N–H and O–H groups in total. The van der Waals surface area contributed by atoms with Gasteiger partial charge in [-0.3, -0.25) is 4.79 Å². The smallest absolute Gasteiger partial charge is 0.348 e. The molecule has 0 bridgehead atoms. The highest BCUT2D eigenvalue weighted by atomic mass is 32.1. The Labute approximate surface area is 137 Å². The zero-order valence-electron chi connectivity index (χ0n) is 12.8. The molecule has 1 heterocycles. The molecule has 0 radical (unpaired) electrons. The van der Waals surface area contributed by atoms with E-state index in [9.17, 15) is 14.9 Å². The Hall–Kier alpha value is -2.85. The van der Waals surface area contributed by atoms with Crippen LogP contribution in [-0.4, -0.2) is 26.1 Å². The molecule has 0 saturated carbocycles. The molecule has 6 nitrogen and oxygen atoms in total. The maximum Gasteiger partial charge on any atom is 0.348 e. The number of nitriles is 1. The molecule has 2 rings (SSSR count). The molecule has 0 fully saturated rings. The molecule has 2 aromatic rings. The first-order chi connectivity index (χ1) is 11.0. The first-order valence-electron chi connectivity index (χ1n) is 6.59. The lowest BCUT2D eigenvalue weighted by Crippen LogP contribution is -2.11. The van der Waals surface area contributed by atoms with Crippen molar-refractivity contribution in [3.63, 3.8) is 0 Å². The lowest BCUT2D eigenvalue weighted by atomic mass is 10.1. The fourth-order valence-electron chi connectivity index (χ4n) is 1.96. The van der Waals surface area contributed by atoms with E-state index < -0.39 is 11.9 Å². The van der Waals surface area contributed by atoms with Crippen molar-refractivity contribution in [2.45, 2.75) is 6.92 Å². The Bertz CT molecular complexity index is 805. The number of methoxy groups -OCH3 is 2. The van der Waals surface area contributed by atoms with Crippen molar-refractivity contribution in [2.24, 2.45) is 0 Å². The molecular formula is C16H14N2O4S. The van der Waals surface area contributed by atoms with Crippen molar-refractivity contribution in [1.82, 2.24) is 0 Å². The van der Waals surface area contributed by atoms with E-state index in [1.165, 1.54) is 14.2 Å². The zero-order valence-corrected chi connectivity index (χ0v) is 13.6. The van der Waals surface area contributed by atoms with Crippen LogP contribution in [0.4, 0.5) is 5.00 Å². The molecule has 0 aliphatic rings. The quantitative estimate of drug-likeness (QED) is 0.871. The van der Waals surface area contributed by atoms with E-state index in [1.54, 1.807) is 31.2 Å². The van der Waals surface area contributed by atoms with E-state index in [0.29, 0.717) is 26.8 Å². The summed E-state index contributed by atoms with van der Waals surface area (Å²) in [5.41, 5.74) is 1.14. The van der Waals surface area contributed by atoms with Crippen LogP contribution in [-0.2, 0) is 4.74 Å². The molecule has 1 aromatic carbocycles. The van der Waals surface area contributed by atoms with E-state index in [2.05, 4.69) is 10.1 Å². The minimum atomic E-state index is -0.536. The van der Waals surface area contributed by atoms with Gasteiger partial charge in [0.15, 0.2) is 0 Å². The van der Waals surface area contributed by atoms with Gasteiger partial charge in [0.05, 0.1) is 19.8 Å². The van der Waals surface area contributed by atoms with Crippen LogP contribution in [0.3, 0.4) is 0 Å². The summed E-state index contributed by atoms with van der Waals surface area (Å²) >= 11 is 1.02. The van der Waals surface area contributed by atoms with Crippen molar-refractivity contribution < 1.29 is 19.1 Å². The highest BCUT2D eigenvalue weighted by Gasteiger charge is 2.22. The van der Waals surface area contributed by atoms with Gasteiger partial charge < -0.3 is 14.8 Å². The van der Waals surface area contributed by atoms with Crippen LogP contribution >= 0.6 is 11.3 Å². The number of carbonyl (C=O) groups excluding carboxylic acids is 2. The van der Waals surface area contributed by atoms with E-state index in [1.807, 2.05) is 6.07 Å². The van der Waals surface area contributed by atoms with Crippen molar-refractivity contribution >= 4 is 28.2 Å². The van der Waals surface area contributed by atoms with E-state index >= 15 is 0 Å². The maximum atomic E-state index is 12.3. The van der Waals surface area contributed by atoms with Crippen LogP contribution in [0.1, 0.15) is 31.2 Å². The van der Waals surface area contributed by atoms with Crippen LogP contribution in [0.15, 0.2) is 24.3 Å². The summed E-state index contributed by atoms with van der Waals surface area (Å²) in [4.78, 5) is 24.3. The molecular weight excluding hydrogens is 316 g/mol. The van der Waals surface area contributed by atoms with Crippen molar-refractivity contribution in [3.05, 3.63) is 45.8 Å². The number of hydrogen-bond acceptors (Lipinski definition) is 6. The van der Waals surface area contributed by atoms with Gasteiger partial charge >= 0.3 is 5.97 Å². The van der Waals surface area contributed by atoms with Crippen LogP contribution < -0.4 is 10.1 Å². The minimum absolute atomic E-state index is 0.256. The van der Waals surface area contributed by atoms with Crippen LogP contribution in [0.2, 0.25) is 0 Å².